The summed E-state index contributed by atoms with van der Waals surface area (Å²) in [7, 11) is 1.92. The van der Waals surface area contributed by atoms with Gasteiger partial charge < -0.3 is 5.73 Å². The molecule has 0 radical (unpaired) electrons. The zero-order valence-corrected chi connectivity index (χ0v) is 11.4. The number of benzene rings is 1. The molecule has 3 nitrogen and oxygen atoms in total. The first-order chi connectivity index (χ1) is 8.51. The van der Waals surface area contributed by atoms with Gasteiger partial charge in [0.1, 0.15) is 0 Å². The first kappa shape index (κ1) is 12.8. The summed E-state index contributed by atoms with van der Waals surface area (Å²) in [6, 6.07) is 8.58. The Morgan fingerprint density at radius 1 is 1.22 bits per heavy atom. The van der Waals surface area contributed by atoms with Gasteiger partial charge in [-0.25, -0.2) is 0 Å². The Hall–Kier alpha value is -1.61. The Balaban J connectivity index is 2.18. The van der Waals surface area contributed by atoms with E-state index in [1.807, 2.05) is 24.1 Å². The molecule has 0 amide bonds. The lowest BCUT2D eigenvalue weighted by atomic mass is 9.87. The fourth-order valence-electron chi connectivity index (χ4n) is 2.21. The molecule has 1 atom stereocenters. The number of nitrogens with two attached hydrogens (primary N) is 1. The van der Waals surface area contributed by atoms with Crippen molar-refractivity contribution in [1.29, 1.82) is 0 Å². The Labute approximate surface area is 109 Å². The topological polar surface area (TPSA) is 43.8 Å². The van der Waals surface area contributed by atoms with Crippen LogP contribution in [-0.4, -0.2) is 9.78 Å². The lowest BCUT2D eigenvalue weighted by Crippen LogP contribution is -2.35. The van der Waals surface area contributed by atoms with Crippen molar-refractivity contribution in [2.45, 2.75) is 32.2 Å². The second-order valence-electron chi connectivity index (χ2n) is 5.17. The molecule has 0 bridgehead atoms. The number of aryl methyl sites for hydroxylation is 2. The van der Waals surface area contributed by atoms with E-state index >= 15 is 0 Å². The average molecular weight is 243 g/mol. The normalized spacial score (nSPS) is 14.4. The summed E-state index contributed by atoms with van der Waals surface area (Å²) in [6.07, 6.45) is 5.76. The summed E-state index contributed by atoms with van der Waals surface area (Å²) in [5.41, 5.74) is 9.76. The Bertz CT molecular complexity index is 509. The van der Waals surface area contributed by atoms with Crippen LogP contribution in [0.3, 0.4) is 0 Å². The van der Waals surface area contributed by atoms with Crippen LogP contribution in [0.4, 0.5) is 0 Å². The molecule has 0 aliphatic carbocycles. The number of hydrogen-bond acceptors (Lipinski definition) is 2. The van der Waals surface area contributed by atoms with Crippen LogP contribution < -0.4 is 5.73 Å². The molecule has 0 fully saturated rings. The second kappa shape index (κ2) is 4.94. The smallest absolute Gasteiger partial charge is 0.0522 e. The molecular formula is C15H21N3. The number of nitrogens with zero attached hydrogens (tertiary/aromatic N) is 2. The second-order valence-corrected chi connectivity index (χ2v) is 5.17. The molecule has 0 spiro atoms. The predicted octanol–water partition coefficient (Wildman–Crippen LogP) is 2.40. The first-order valence-electron chi connectivity index (χ1n) is 6.37. The molecular weight excluding hydrogens is 222 g/mol. The van der Waals surface area contributed by atoms with Crippen molar-refractivity contribution in [1.82, 2.24) is 9.78 Å². The minimum absolute atomic E-state index is 0.352. The third-order valence-electron chi connectivity index (χ3n) is 3.35. The fraction of sp³-hybridized carbons (Fsp3) is 0.400. The van der Waals surface area contributed by atoms with Crippen LogP contribution in [0.5, 0.6) is 0 Å². The van der Waals surface area contributed by atoms with Gasteiger partial charge in [0, 0.05) is 18.8 Å². The molecule has 1 heterocycles. The molecule has 0 aliphatic heterocycles. The van der Waals surface area contributed by atoms with Crippen molar-refractivity contribution in [3.05, 3.63) is 53.3 Å². The molecule has 1 unspecified atom stereocenters. The molecule has 0 aliphatic rings. The van der Waals surface area contributed by atoms with Crippen LogP contribution in [0.25, 0.3) is 0 Å². The molecule has 0 saturated carbocycles. The van der Waals surface area contributed by atoms with E-state index in [-0.39, 0.29) is 5.54 Å². The SMILES string of the molecule is CCc1ccc(C(C)(N)Cc2cnn(C)c2)cc1. The van der Waals surface area contributed by atoms with Crippen molar-refractivity contribution >= 4 is 0 Å². The van der Waals surface area contributed by atoms with Crippen molar-refractivity contribution in [3.63, 3.8) is 0 Å². The first-order valence-corrected chi connectivity index (χ1v) is 6.37. The van der Waals surface area contributed by atoms with Gasteiger partial charge in [0.15, 0.2) is 0 Å². The Morgan fingerprint density at radius 3 is 2.39 bits per heavy atom. The summed E-state index contributed by atoms with van der Waals surface area (Å²) >= 11 is 0. The lowest BCUT2D eigenvalue weighted by Gasteiger charge is -2.25. The molecule has 18 heavy (non-hydrogen) atoms. The van der Waals surface area contributed by atoms with Crippen molar-refractivity contribution < 1.29 is 0 Å². The van der Waals surface area contributed by atoms with Crippen molar-refractivity contribution in [2.24, 2.45) is 12.8 Å². The largest absolute Gasteiger partial charge is 0.321 e. The zero-order valence-electron chi connectivity index (χ0n) is 11.4. The Morgan fingerprint density at radius 2 is 1.89 bits per heavy atom. The van der Waals surface area contributed by atoms with E-state index in [4.69, 9.17) is 5.73 Å². The van der Waals surface area contributed by atoms with Gasteiger partial charge in [-0.15, -0.1) is 0 Å². The van der Waals surface area contributed by atoms with Gasteiger partial charge in [-0.1, -0.05) is 31.2 Å². The van der Waals surface area contributed by atoms with Crippen LogP contribution in [0, 0.1) is 0 Å². The maximum Gasteiger partial charge on any atom is 0.0522 e. The van der Waals surface area contributed by atoms with Crippen molar-refractivity contribution in [2.75, 3.05) is 0 Å². The van der Waals surface area contributed by atoms with Crippen LogP contribution in [0.15, 0.2) is 36.7 Å². The number of hydrogen-bond donors (Lipinski definition) is 1. The summed E-state index contributed by atoms with van der Waals surface area (Å²) in [6.45, 7) is 4.23. The van der Waals surface area contributed by atoms with E-state index in [2.05, 4.69) is 43.2 Å². The molecule has 1 aromatic heterocycles. The highest BCUT2D eigenvalue weighted by Crippen LogP contribution is 2.23. The third kappa shape index (κ3) is 2.79. The predicted molar refractivity (Wildman–Crippen MR) is 74.3 cm³/mol. The van der Waals surface area contributed by atoms with Crippen molar-refractivity contribution in [3.8, 4) is 0 Å². The highest BCUT2D eigenvalue weighted by molar-refractivity contribution is 5.29. The maximum absolute atomic E-state index is 6.43. The van der Waals surface area contributed by atoms with Gasteiger partial charge in [0.2, 0.25) is 0 Å². The zero-order chi connectivity index (χ0) is 13.2. The summed E-state index contributed by atoms with van der Waals surface area (Å²) < 4.78 is 1.81. The van der Waals surface area contributed by atoms with E-state index in [9.17, 15) is 0 Å². The van der Waals surface area contributed by atoms with Gasteiger partial charge in [-0.05, 0) is 36.5 Å². The van der Waals surface area contributed by atoms with Crippen LogP contribution in [0.2, 0.25) is 0 Å². The fourth-order valence-corrected chi connectivity index (χ4v) is 2.21. The molecule has 2 rings (SSSR count). The number of rotatable bonds is 4. The highest BCUT2D eigenvalue weighted by atomic mass is 15.2. The van der Waals surface area contributed by atoms with E-state index in [0.717, 1.165) is 12.8 Å². The summed E-state index contributed by atoms with van der Waals surface area (Å²) in [5, 5.41) is 4.18. The van der Waals surface area contributed by atoms with Gasteiger partial charge in [-0.3, -0.25) is 4.68 Å². The van der Waals surface area contributed by atoms with Gasteiger partial charge in [0.05, 0.1) is 6.20 Å². The van der Waals surface area contributed by atoms with E-state index in [1.165, 1.54) is 16.7 Å². The van der Waals surface area contributed by atoms with Gasteiger partial charge in [0.25, 0.3) is 0 Å². The minimum Gasteiger partial charge on any atom is -0.321 e. The minimum atomic E-state index is -0.352. The van der Waals surface area contributed by atoms with E-state index in [0.29, 0.717) is 0 Å². The highest BCUT2D eigenvalue weighted by Gasteiger charge is 2.22. The summed E-state index contributed by atoms with van der Waals surface area (Å²) in [5.74, 6) is 0. The van der Waals surface area contributed by atoms with Crippen LogP contribution in [-0.2, 0) is 25.4 Å². The monoisotopic (exact) mass is 243 g/mol. The quantitative estimate of drug-likeness (QED) is 0.896. The van der Waals surface area contributed by atoms with Crippen LogP contribution >= 0.6 is 0 Å². The Kier molecular flexibility index (Phi) is 3.53. The van der Waals surface area contributed by atoms with E-state index < -0.39 is 0 Å². The van der Waals surface area contributed by atoms with Crippen LogP contribution in [0.1, 0.15) is 30.5 Å². The van der Waals surface area contributed by atoms with Gasteiger partial charge >= 0.3 is 0 Å². The molecule has 0 saturated heterocycles. The van der Waals surface area contributed by atoms with Gasteiger partial charge in [-0.2, -0.15) is 5.10 Å². The molecule has 2 N–H and O–H groups in total. The molecule has 1 aromatic carbocycles. The molecule has 2 aromatic rings. The number of aromatic nitrogens is 2. The van der Waals surface area contributed by atoms with E-state index in [1.54, 1.807) is 0 Å². The maximum atomic E-state index is 6.43. The molecule has 3 heteroatoms. The summed E-state index contributed by atoms with van der Waals surface area (Å²) in [4.78, 5) is 0. The standard InChI is InChI=1S/C15H21N3/c1-4-12-5-7-14(8-6-12)15(2,16)9-13-10-17-18(3)11-13/h5-8,10-11H,4,9,16H2,1-3H3. The average Bonchev–Trinajstić information content (AvgIpc) is 2.74. The third-order valence-corrected chi connectivity index (χ3v) is 3.35. The molecule has 96 valence electrons. The lowest BCUT2D eigenvalue weighted by molar-refractivity contribution is 0.491.